The van der Waals surface area contributed by atoms with E-state index in [0.29, 0.717) is 0 Å². The average Bonchev–Trinajstić information content (AvgIpc) is 3.17. The molecule has 5 aromatic carbocycles. The van der Waals surface area contributed by atoms with E-state index in [-0.39, 0.29) is 33.0 Å². The molecule has 0 saturated heterocycles. The van der Waals surface area contributed by atoms with Gasteiger partial charge in [-0.15, -0.1) is 0 Å². The van der Waals surface area contributed by atoms with Crippen molar-refractivity contribution in [1.29, 1.82) is 0 Å². The van der Waals surface area contributed by atoms with Gasteiger partial charge < -0.3 is 23.7 Å². The average molecular weight is 723 g/mol. The molecule has 270 valence electrons. The highest BCUT2D eigenvalue weighted by Gasteiger charge is 2.65. The van der Waals surface area contributed by atoms with E-state index in [1.807, 2.05) is 152 Å². The molecule has 10 heteroatoms. The van der Waals surface area contributed by atoms with Crippen LogP contribution in [-0.2, 0) is 75.8 Å². The van der Waals surface area contributed by atoms with Crippen molar-refractivity contribution in [3.05, 3.63) is 179 Å². The summed E-state index contributed by atoms with van der Waals surface area (Å²) in [5.41, 5.74) is 3.97. The van der Waals surface area contributed by atoms with Crippen LogP contribution in [0.25, 0.3) is 0 Å². The SMILES string of the molecule is CS(=O)(=O)O[C@H]1C(=O)C(OCc2ccccc2)(OCc2ccccc2)[C@@H](OCc2ccccc2)[C@H](OCc2ccccc2)[C@@H]1OCc1ccccc1. The Hall–Kier alpha value is -4.52. The molecule has 9 nitrogen and oxygen atoms in total. The molecule has 1 fully saturated rings. The molecule has 4 atom stereocenters. The summed E-state index contributed by atoms with van der Waals surface area (Å²) in [5, 5.41) is 0. The second kappa shape index (κ2) is 17.8. The number of rotatable bonds is 17. The third-order valence-corrected chi connectivity index (χ3v) is 9.17. The topological polar surface area (TPSA) is 107 Å². The quantitative estimate of drug-likeness (QED) is 0.0757. The van der Waals surface area contributed by atoms with Crippen molar-refractivity contribution in [2.24, 2.45) is 0 Å². The number of carbonyl (C=O) groups excluding carboxylic acids is 1. The Kier molecular flexibility index (Phi) is 12.8. The first-order chi connectivity index (χ1) is 25.3. The lowest BCUT2D eigenvalue weighted by atomic mass is 9.82. The van der Waals surface area contributed by atoms with Gasteiger partial charge in [0.25, 0.3) is 15.9 Å². The fraction of sp³-hybridized carbons (Fsp3) is 0.262. The summed E-state index contributed by atoms with van der Waals surface area (Å²) in [6, 6.07) is 47.0. The van der Waals surface area contributed by atoms with Crippen LogP contribution in [0.2, 0.25) is 0 Å². The van der Waals surface area contributed by atoms with Crippen molar-refractivity contribution >= 4 is 15.9 Å². The standard InChI is InChI=1S/C42H42O9S/c1-52(44,45)51-38-37(46-27-32-17-7-2-8-18-32)39(47-28-33-19-9-3-10-20-33)41(48-29-34-21-11-4-12-22-34)42(40(38)43,49-30-35-23-13-5-14-24-35)50-31-36-25-15-6-16-26-36/h2-26,37-39,41H,27-31H2,1H3/t37-,38-,39-,41+/m1/s1. The monoisotopic (exact) mass is 722 g/mol. The van der Waals surface area contributed by atoms with Gasteiger partial charge in [-0.05, 0) is 27.8 Å². The van der Waals surface area contributed by atoms with Gasteiger partial charge in [0.1, 0.15) is 18.3 Å². The molecule has 5 aromatic rings. The van der Waals surface area contributed by atoms with Gasteiger partial charge in [0, 0.05) is 0 Å². The van der Waals surface area contributed by atoms with Crippen LogP contribution in [0, 0.1) is 0 Å². The van der Waals surface area contributed by atoms with E-state index in [2.05, 4.69) is 0 Å². The molecule has 1 aliphatic rings. The summed E-state index contributed by atoms with van der Waals surface area (Å²) in [6.07, 6.45) is -4.49. The van der Waals surface area contributed by atoms with E-state index < -0.39 is 46.1 Å². The number of hydrogen-bond donors (Lipinski definition) is 0. The van der Waals surface area contributed by atoms with Crippen molar-refractivity contribution in [1.82, 2.24) is 0 Å². The van der Waals surface area contributed by atoms with E-state index in [0.717, 1.165) is 34.1 Å². The summed E-state index contributed by atoms with van der Waals surface area (Å²) < 4.78 is 64.6. The molecule has 0 bridgehead atoms. The number of carbonyl (C=O) groups is 1. The molecule has 52 heavy (non-hydrogen) atoms. The van der Waals surface area contributed by atoms with Crippen molar-refractivity contribution in [3.8, 4) is 0 Å². The minimum absolute atomic E-state index is 0.0295. The van der Waals surface area contributed by atoms with E-state index in [1.54, 1.807) is 0 Å². The van der Waals surface area contributed by atoms with Gasteiger partial charge in [0.05, 0.1) is 39.3 Å². The largest absolute Gasteiger partial charge is 0.368 e. The second-order valence-electron chi connectivity index (χ2n) is 12.5. The lowest BCUT2D eigenvalue weighted by molar-refractivity contribution is -0.331. The minimum atomic E-state index is -4.23. The molecule has 0 amide bonds. The van der Waals surface area contributed by atoms with E-state index >= 15 is 4.79 Å². The number of benzene rings is 5. The lowest BCUT2D eigenvalue weighted by Crippen LogP contribution is -2.72. The molecule has 1 saturated carbocycles. The zero-order valence-corrected chi connectivity index (χ0v) is 29.7. The van der Waals surface area contributed by atoms with Crippen LogP contribution in [0.15, 0.2) is 152 Å². The zero-order chi connectivity index (χ0) is 36.2. The maximum absolute atomic E-state index is 15.2. The van der Waals surface area contributed by atoms with Crippen molar-refractivity contribution in [2.45, 2.75) is 63.2 Å². The third-order valence-electron chi connectivity index (χ3n) is 8.61. The van der Waals surface area contributed by atoms with Gasteiger partial charge in [0.15, 0.2) is 6.10 Å². The number of Topliss-reactive ketones (excluding diaryl/α,β-unsaturated/α-hetero) is 1. The Labute approximate surface area is 305 Å². The van der Waals surface area contributed by atoms with Crippen LogP contribution in [-0.4, -0.2) is 50.7 Å². The Bertz CT molecular complexity index is 1880. The molecule has 0 heterocycles. The maximum atomic E-state index is 15.2. The first-order valence-electron chi connectivity index (χ1n) is 17.1. The summed E-state index contributed by atoms with van der Waals surface area (Å²) in [5.74, 6) is -3.02. The van der Waals surface area contributed by atoms with Crippen molar-refractivity contribution in [2.75, 3.05) is 6.26 Å². The van der Waals surface area contributed by atoms with Gasteiger partial charge in [-0.25, -0.2) is 0 Å². The molecular formula is C42H42O9S. The van der Waals surface area contributed by atoms with E-state index in [1.165, 1.54) is 0 Å². The maximum Gasteiger partial charge on any atom is 0.265 e. The van der Waals surface area contributed by atoms with Gasteiger partial charge in [-0.2, -0.15) is 8.42 Å². The molecule has 6 rings (SSSR count). The fourth-order valence-electron chi connectivity index (χ4n) is 6.08. The normalized spacial score (nSPS) is 20.1. The van der Waals surface area contributed by atoms with Crippen LogP contribution >= 0.6 is 0 Å². The van der Waals surface area contributed by atoms with E-state index in [4.69, 9.17) is 27.9 Å². The first kappa shape index (κ1) is 37.2. The smallest absolute Gasteiger partial charge is 0.265 e. The predicted octanol–water partition coefficient (Wildman–Crippen LogP) is 6.80. The van der Waals surface area contributed by atoms with E-state index in [9.17, 15) is 8.42 Å². The van der Waals surface area contributed by atoms with Crippen LogP contribution in [0.1, 0.15) is 27.8 Å². The molecule has 1 aliphatic carbocycles. The molecule has 0 radical (unpaired) electrons. The summed E-state index contributed by atoms with van der Waals surface area (Å²) >= 11 is 0. The number of ether oxygens (including phenoxy) is 5. The Morgan fingerprint density at radius 3 is 1.17 bits per heavy atom. The lowest BCUT2D eigenvalue weighted by Gasteiger charge is -2.50. The summed E-state index contributed by atoms with van der Waals surface area (Å²) in [4.78, 5) is 15.2. The molecule has 0 spiro atoms. The predicted molar refractivity (Wildman–Crippen MR) is 195 cm³/mol. The van der Waals surface area contributed by atoms with Crippen LogP contribution in [0.5, 0.6) is 0 Å². The highest BCUT2D eigenvalue weighted by atomic mass is 32.2. The second-order valence-corrected chi connectivity index (χ2v) is 14.1. The van der Waals surface area contributed by atoms with Crippen molar-refractivity contribution < 1.29 is 41.1 Å². The Morgan fingerprint density at radius 1 is 0.481 bits per heavy atom. The third kappa shape index (κ3) is 9.87. The van der Waals surface area contributed by atoms with Crippen LogP contribution < -0.4 is 0 Å². The summed E-state index contributed by atoms with van der Waals surface area (Å²) in [6.45, 7) is 0.0211. The highest BCUT2D eigenvalue weighted by molar-refractivity contribution is 7.86. The summed E-state index contributed by atoms with van der Waals surface area (Å²) in [7, 11) is -4.23. The van der Waals surface area contributed by atoms with Gasteiger partial charge in [-0.1, -0.05) is 152 Å². The number of ketones is 1. The van der Waals surface area contributed by atoms with Crippen LogP contribution in [0.3, 0.4) is 0 Å². The van der Waals surface area contributed by atoms with Gasteiger partial charge in [0.2, 0.25) is 5.78 Å². The minimum Gasteiger partial charge on any atom is -0.368 e. The molecule has 0 N–H and O–H groups in total. The first-order valence-corrected chi connectivity index (χ1v) is 18.9. The fourth-order valence-corrected chi connectivity index (χ4v) is 6.65. The molecular weight excluding hydrogens is 681 g/mol. The Morgan fingerprint density at radius 2 is 0.808 bits per heavy atom. The Balaban J connectivity index is 1.48. The van der Waals surface area contributed by atoms with Crippen LogP contribution in [0.4, 0.5) is 0 Å². The van der Waals surface area contributed by atoms with Crippen molar-refractivity contribution in [3.63, 3.8) is 0 Å². The van der Waals surface area contributed by atoms with Gasteiger partial charge in [-0.3, -0.25) is 8.98 Å². The highest BCUT2D eigenvalue weighted by Crippen LogP contribution is 2.40. The molecule has 0 unspecified atom stereocenters. The van der Waals surface area contributed by atoms with Gasteiger partial charge >= 0.3 is 0 Å². The molecule has 0 aromatic heterocycles. The number of hydrogen-bond acceptors (Lipinski definition) is 9. The zero-order valence-electron chi connectivity index (χ0n) is 28.9. The molecule has 0 aliphatic heterocycles.